The second-order valence-electron chi connectivity index (χ2n) is 4.75. The standard InChI is InChI=1S/C14H18O3/c15-13(14(16)17)12-9-5-4-8-11(12)10-6-2-1-3-7-10/h1-3,6-7,11-13,15H,4-5,8-9H2,(H,16,17). The number of carboxylic acids is 1. The molecular formula is C14H18O3. The van der Waals surface area contributed by atoms with Crippen molar-refractivity contribution < 1.29 is 15.0 Å². The van der Waals surface area contributed by atoms with Gasteiger partial charge in [0, 0.05) is 5.92 Å². The quantitative estimate of drug-likeness (QED) is 0.844. The molecule has 0 saturated heterocycles. The van der Waals surface area contributed by atoms with E-state index in [1.807, 2.05) is 30.3 Å². The first kappa shape index (κ1) is 12.1. The van der Waals surface area contributed by atoms with Gasteiger partial charge in [-0.2, -0.15) is 0 Å². The molecule has 92 valence electrons. The molecule has 2 rings (SSSR count). The Bertz CT molecular complexity index is 374. The Morgan fingerprint density at radius 1 is 1.18 bits per heavy atom. The number of benzene rings is 1. The van der Waals surface area contributed by atoms with E-state index in [0.717, 1.165) is 31.2 Å². The van der Waals surface area contributed by atoms with Crippen LogP contribution < -0.4 is 0 Å². The first-order valence-electron chi connectivity index (χ1n) is 6.16. The zero-order valence-corrected chi connectivity index (χ0v) is 9.75. The van der Waals surface area contributed by atoms with Gasteiger partial charge in [0.2, 0.25) is 0 Å². The van der Waals surface area contributed by atoms with Crippen molar-refractivity contribution in [3.63, 3.8) is 0 Å². The highest BCUT2D eigenvalue weighted by molar-refractivity contribution is 5.72. The van der Waals surface area contributed by atoms with Gasteiger partial charge in [0.1, 0.15) is 0 Å². The smallest absolute Gasteiger partial charge is 0.332 e. The van der Waals surface area contributed by atoms with Crippen molar-refractivity contribution in [3.05, 3.63) is 35.9 Å². The van der Waals surface area contributed by atoms with Crippen LogP contribution in [0.15, 0.2) is 30.3 Å². The number of rotatable bonds is 3. The number of aliphatic carboxylic acids is 1. The third-order valence-electron chi connectivity index (χ3n) is 3.71. The van der Waals surface area contributed by atoms with E-state index in [2.05, 4.69) is 0 Å². The van der Waals surface area contributed by atoms with Crippen molar-refractivity contribution in [1.82, 2.24) is 0 Å². The Kier molecular flexibility index (Phi) is 3.79. The molecule has 0 spiro atoms. The summed E-state index contributed by atoms with van der Waals surface area (Å²) in [6, 6.07) is 9.94. The van der Waals surface area contributed by atoms with Crippen molar-refractivity contribution in [2.45, 2.75) is 37.7 Å². The summed E-state index contributed by atoms with van der Waals surface area (Å²) in [6.45, 7) is 0. The summed E-state index contributed by atoms with van der Waals surface area (Å²) >= 11 is 0. The Balaban J connectivity index is 2.21. The Labute approximate surface area is 101 Å². The summed E-state index contributed by atoms with van der Waals surface area (Å²) in [7, 11) is 0. The normalized spacial score (nSPS) is 26.4. The van der Waals surface area contributed by atoms with Gasteiger partial charge in [-0.1, -0.05) is 43.2 Å². The van der Waals surface area contributed by atoms with Gasteiger partial charge in [-0.15, -0.1) is 0 Å². The molecule has 1 aliphatic rings. The zero-order valence-electron chi connectivity index (χ0n) is 9.75. The molecule has 1 aliphatic carbocycles. The predicted octanol–water partition coefficient (Wildman–Crippen LogP) is 2.41. The molecule has 1 aromatic rings. The minimum Gasteiger partial charge on any atom is -0.479 e. The second kappa shape index (κ2) is 5.32. The minimum absolute atomic E-state index is 0.149. The molecule has 1 saturated carbocycles. The third kappa shape index (κ3) is 2.67. The van der Waals surface area contributed by atoms with Crippen LogP contribution in [-0.4, -0.2) is 22.3 Å². The molecule has 17 heavy (non-hydrogen) atoms. The molecule has 3 unspecified atom stereocenters. The van der Waals surface area contributed by atoms with Crippen molar-refractivity contribution in [3.8, 4) is 0 Å². The van der Waals surface area contributed by atoms with E-state index in [1.165, 1.54) is 0 Å². The summed E-state index contributed by atoms with van der Waals surface area (Å²) in [5, 5.41) is 18.7. The topological polar surface area (TPSA) is 57.5 Å². The lowest BCUT2D eigenvalue weighted by atomic mass is 9.73. The number of aliphatic hydroxyl groups is 1. The largest absolute Gasteiger partial charge is 0.479 e. The molecule has 1 fully saturated rings. The van der Waals surface area contributed by atoms with Gasteiger partial charge >= 0.3 is 5.97 Å². The second-order valence-corrected chi connectivity index (χ2v) is 4.75. The van der Waals surface area contributed by atoms with Crippen LogP contribution in [0.3, 0.4) is 0 Å². The van der Waals surface area contributed by atoms with Gasteiger partial charge < -0.3 is 10.2 Å². The Morgan fingerprint density at radius 2 is 1.82 bits per heavy atom. The first-order valence-corrected chi connectivity index (χ1v) is 6.16. The van der Waals surface area contributed by atoms with Gasteiger partial charge in [0.25, 0.3) is 0 Å². The highest BCUT2D eigenvalue weighted by atomic mass is 16.4. The monoisotopic (exact) mass is 234 g/mol. The molecule has 0 aromatic heterocycles. The van der Waals surface area contributed by atoms with Crippen LogP contribution in [0.5, 0.6) is 0 Å². The van der Waals surface area contributed by atoms with Crippen LogP contribution in [0.4, 0.5) is 0 Å². The molecular weight excluding hydrogens is 216 g/mol. The van der Waals surface area contributed by atoms with E-state index in [0.29, 0.717) is 0 Å². The fourth-order valence-corrected chi connectivity index (χ4v) is 2.83. The Morgan fingerprint density at radius 3 is 2.47 bits per heavy atom. The molecule has 3 nitrogen and oxygen atoms in total. The van der Waals surface area contributed by atoms with E-state index >= 15 is 0 Å². The van der Waals surface area contributed by atoms with Crippen LogP contribution in [0.1, 0.15) is 37.2 Å². The summed E-state index contributed by atoms with van der Waals surface area (Å²) in [4.78, 5) is 10.9. The van der Waals surface area contributed by atoms with Gasteiger partial charge in [-0.25, -0.2) is 4.79 Å². The van der Waals surface area contributed by atoms with E-state index < -0.39 is 12.1 Å². The Hall–Kier alpha value is -1.35. The van der Waals surface area contributed by atoms with E-state index in [4.69, 9.17) is 5.11 Å². The zero-order chi connectivity index (χ0) is 12.3. The lowest BCUT2D eigenvalue weighted by Gasteiger charge is -2.33. The van der Waals surface area contributed by atoms with Crippen molar-refractivity contribution in [2.75, 3.05) is 0 Å². The van der Waals surface area contributed by atoms with Gasteiger partial charge in [-0.05, 0) is 24.3 Å². The average molecular weight is 234 g/mol. The number of hydrogen-bond acceptors (Lipinski definition) is 2. The van der Waals surface area contributed by atoms with Crippen molar-refractivity contribution in [1.29, 1.82) is 0 Å². The molecule has 3 atom stereocenters. The summed E-state index contributed by atoms with van der Waals surface area (Å²) < 4.78 is 0. The van der Waals surface area contributed by atoms with Crippen molar-refractivity contribution >= 4 is 5.97 Å². The maximum atomic E-state index is 10.9. The lowest BCUT2D eigenvalue weighted by molar-refractivity contribution is -0.150. The van der Waals surface area contributed by atoms with Gasteiger partial charge in [0.05, 0.1) is 0 Å². The number of carboxylic acid groups (broad SMARTS) is 1. The average Bonchev–Trinajstić information content (AvgIpc) is 2.39. The van der Waals surface area contributed by atoms with Crippen LogP contribution in [0.2, 0.25) is 0 Å². The van der Waals surface area contributed by atoms with E-state index in [-0.39, 0.29) is 11.8 Å². The van der Waals surface area contributed by atoms with Gasteiger partial charge in [0.15, 0.2) is 6.10 Å². The highest BCUT2D eigenvalue weighted by Crippen LogP contribution is 2.39. The molecule has 1 aromatic carbocycles. The molecule has 0 radical (unpaired) electrons. The van der Waals surface area contributed by atoms with Crippen LogP contribution in [-0.2, 0) is 4.79 Å². The third-order valence-corrected chi connectivity index (χ3v) is 3.71. The molecule has 2 N–H and O–H groups in total. The fraction of sp³-hybridized carbons (Fsp3) is 0.500. The highest BCUT2D eigenvalue weighted by Gasteiger charge is 2.35. The number of carbonyl (C=O) groups is 1. The maximum absolute atomic E-state index is 10.9. The first-order chi connectivity index (χ1) is 8.20. The SMILES string of the molecule is O=C(O)C(O)C1CCCCC1c1ccccc1. The maximum Gasteiger partial charge on any atom is 0.332 e. The molecule has 0 amide bonds. The lowest BCUT2D eigenvalue weighted by Crippen LogP contribution is -2.35. The van der Waals surface area contributed by atoms with Crippen LogP contribution >= 0.6 is 0 Å². The van der Waals surface area contributed by atoms with E-state index in [9.17, 15) is 9.90 Å². The van der Waals surface area contributed by atoms with Crippen LogP contribution in [0, 0.1) is 5.92 Å². The minimum atomic E-state index is -1.24. The molecule has 0 bridgehead atoms. The fourth-order valence-electron chi connectivity index (χ4n) is 2.83. The number of hydrogen-bond donors (Lipinski definition) is 2. The summed E-state index contributed by atoms with van der Waals surface area (Å²) in [5.74, 6) is -1.07. The molecule has 0 heterocycles. The molecule has 3 heteroatoms. The van der Waals surface area contributed by atoms with Gasteiger partial charge in [-0.3, -0.25) is 0 Å². The molecule has 0 aliphatic heterocycles. The number of aliphatic hydroxyl groups excluding tert-OH is 1. The summed E-state index contributed by atoms with van der Waals surface area (Å²) in [5.41, 5.74) is 1.15. The predicted molar refractivity (Wildman–Crippen MR) is 64.8 cm³/mol. The van der Waals surface area contributed by atoms with Crippen molar-refractivity contribution in [2.24, 2.45) is 5.92 Å². The van der Waals surface area contributed by atoms with E-state index in [1.54, 1.807) is 0 Å². The van der Waals surface area contributed by atoms with Crippen LogP contribution in [0.25, 0.3) is 0 Å². The summed E-state index contributed by atoms with van der Waals surface area (Å²) in [6.07, 6.45) is 2.66.